The van der Waals surface area contributed by atoms with Gasteiger partial charge in [0.25, 0.3) is 11.1 Å². The fraction of sp³-hybridized carbons (Fsp3) is 0.318. The monoisotopic (exact) mass is 412 g/mol. The lowest BCUT2D eigenvalue weighted by Crippen LogP contribution is -2.38. The van der Waals surface area contributed by atoms with E-state index in [1.54, 1.807) is 47.4 Å². The van der Waals surface area contributed by atoms with Crippen LogP contribution in [0.15, 0.2) is 58.1 Å². The van der Waals surface area contributed by atoms with Gasteiger partial charge in [0.1, 0.15) is 5.82 Å². The van der Waals surface area contributed by atoms with Crippen LogP contribution in [-0.4, -0.2) is 52.7 Å². The van der Waals surface area contributed by atoms with Crippen molar-refractivity contribution in [3.63, 3.8) is 0 Å². The topological polar surface area (TPSA) is 78.4 Å². The van der Waals surface area contributed by atoms with E-state index < -0.39 is 0 Å². The van der Waals surface area contributed by atoms with Crippen LogP contribution in [0.2, 0.25) is 0 Å². The van der Waals surface area contributed by atoms with E-state index in [2.05, 4.69) is 5.10 Å². The number of carbonyl (C=O) groups is 1. The number of aromatic nitrogens is 2. The van der Waals surface area contributed by atoms with Gasteiger partial charge < -0.3 is 9.80 Å². The molecule has 1 N–H and O–H groups in total. The second kappa shape index (κ2) is 9.49. The minimum atomic E-state index is -0.381. The van der Waals surface area contributed by atoms with E-state index in [4.69, 9.17) is 0 Å². The fourth-order valence-corrected chi connectivity index (χ4v) is 3.21. The quantitative estimate of drug-likeness (QED) is 0.612. The Morgan fingerprint density at radius 3 is 2.37 bits per heavy atom. The number of hydrogen-bond donors (Lipinski definition) is 1. The molecule has 0 saturated heterocycles. The van der Waals surface area contributed by atoms with Crippen LogP contribution in [0.4, 0.5) is 4.39 Å². The van der Waals surface area contributed by atoms with Crippen molar-refractivity contribution in [1.29, 1.82) is 0 Å². The van der Waals surface area contributed by atoms with Crippen molar-refractivity contribution in [3.05, 3.63) is 80.6 Å². The predicted molar refractivity (Wildman–Crippen MR) is 114 cm³/mol. The molecule has 0 unspecified atom stereocenters. The molecule has 1 amide bonds. The maximum atomic E-state index is 14.1. The highest BCUT2D eigenvalue weighted by atomic mass is 19.1. The zero-order chi connectivity index (χ0) is 21.7. The number of hydrogen-bond acceptors (Lipinski definition) is 4. The number of amides is 1. The highest BCUT2D eigenvalue weighted by molar-refractivity contribution is 5.80. The molecule has 1 heterocycles. The first-order chi connectivity index (χ1) is 14.4. The molecule has 8 heteroatoms. The Balaban J connectivity index is 1.78. The van der Waals surface area contributed by atoms with E-state index in [9.17, 15) is 18.8 Å². The predicted octanol–water partition coefficient (Wildman–Crippen LogP) is 1.81. The average Bonchev–Trinajstić information content (AvgIpc) is 2.73. The van der Waals surface area contributed by atoms with Gasteiger partial charge in [-0.2, -0.15) is 0 Å². The number of carbonyl (C=O) groups excluding carboxylic acids is 1. The summed E-state index contributed by atoms with van der Waals surface area (Å²) in [5.74, 6) is -0.587. The summed E-state index contributed by atoms with van der Waals surface area (Å²) >= 11 is 0. The maximum Gasteiger partial charge on any atom is 0.273 e. The molecule has 3 aromatic rings. The van der Waals surface area contributed by atoms with Crippen molar-refractivity contribution >= 4 is 16.7 Å². The summed E-state index contributed by atoms with van der Waals surface area (Å²) in [6.07, 6.45) is 0.00999. The molecular weight excluding hydrogens is 387 g/mol. The Kier molecular flexibility index (Phi) is 6.79. The van der Waals surface area contributed by atoms with Crippen molar-refractivity contribution in [2.45, 2.75) is 19.5 Å². The number of rotatable bonds is 8. The molecule has 158 valence electrons. The van der Waals surface area contributed by atoms with Gasteiger partial charge in [0.15, 0.2) is 0 Å². The van der Waals surface area contributed by atoms with Gasteiger partial charge >= 0.3 is 0 Å². The third-order valence-electron chi connectivity index (χ3n) is 4.92. The van der Waals surface area contributed by atoms with Gasteiger partial charge in [0.2, 0.25) is 5.91 Å². The summed E-state index contributed by atoms with van der Waals surface area (Å²) in [6, 6.07) is 12.9. The third-order valence-corrected chi connectivity index (χ3v) is 4.92. The number of aromatic amines is 1. The van der Waals surface area contributed by atoms with Gasteiger partial charge in [-0.05, 0) is 32.3 Å². The largest absolute Gasteiger partial charge is 0.337 e. The second-order valence-electron chi connectivity index (χ2n) is 7.40. The van der Waals surface area contributed by atoms with E-state index in [0.717, 1.165) is 4.68 Å². The average molecular weight is 412 g/mol. The van der Waals surface area contributed by atoms with Crippen molar-refractivity contribution in [3.8, 4) is 0 Å². The number of aryl methyl sites for hydroxylation is 1. The number of fused-ring (bicyclic) bond motifs is 1. The number of halogens is 1. The summed E-state index contributed by atoms with van der Waals surface area (Å²) in [5.41, 5.74) is -0.304. The lowest BCUT2D eigenvalue weighted by Gasteiger charge is -2.25. The Labute approximate surface area is 173 Å². The van der Waals surface area contributed by atoms with Gasteiger partial charge in [-0.15, -0.1) is 0 Å². The van der Waals surface area contributed by atoms with Gasteiger partial charge in [0.05, 0.1) is 17.3 Å². The van der Waals surface area contributed by atoms with Gasteiger partial charge in [-0.3, -0.25) is 19.5 Å². The number of benzene rings is 2. The summed E-state index contributed by atoms with van der Waals surface area (Å²) in [7, 11) is 3.79. The molecule has 0 bridgehead atoms. The number of H-pyrrole nitrogens is 1. The van der Waals surface area contributed by atoms with Crippen LogP contribution < -0.4 is 11.1 Å². The molecule has 0 aliphatic rings. The molecular formula is C22H25FN4O3. The molecule has 0 spiro atoms. The molecule has 0 aliphatic carbocycles. The fourth-order valence-electron chi connectivity index (χ4n) is 3.21. The SMILES string of the molecule is CN(C)CCN(Cc1ccccc1F)C(=O)CCn1[nH]c(=O)c2ccccc2c1=O. The Bertz CT molecular complexity index is 1150. The number of likely N-dealkylation sites (N-methyl/N-ethyl adjacent to an activating group) is 1. The molecule has 0 aliphatic heterocycles. The van der Waals surface area contributed by atoms with Crippen molar-refractivity contribution in [2.24, 2.45) is 0 Å². The molecule has 0 saturated carbocycles. The molecule has 3 rings (SSSR count). The van der Waals surface area contributed by atoms with Crippen LogP contribution in [0.25, 0.3) is 10.8 Å². The van der Waals surface area contributed by atoms with Crippen molar-refractivity contribution in [2.75, 3.05) is 27.2 Å². The first kappa shape index (κ1) is 21.4. The van der Waals surface area contributed by atoms with Crippen LogP contribution in [0, 0.1) is 5.82 Å². The van der Waals surface area contributed by atoms with Crippen molar-refractivity contribution in [1.82, 2.24) is 19.6 Å². The van der Waals surface area contributed by atoms with Crippen LogP contribution in [-0.2, 0) is 17.9 Å². The van der Waals surface area contributed by atoms with E-state index in [1.165, 1.54) is 6.07 Å². The molecule has 0 radical (unpaired) electrons. The lowest BCUT2D eigenvalue weighted by molar-refractivity contribution is -0.132. The smallest absolute Gasteiger partial charge is 0.273 e. The molecule has 0 fully saturated rings. The van der Waals surface area contributed by atoms with Gasteiger partial charge in [0, 0.05) is 31.6 Å². The van der Waals surface area contributed by atoms with E-state index >= 15 is 0 Å². The van der Waals surface area contributed by atoms with E-state index in [0.29, 0.717) is 29.4 Å². The molecule has 7 nitrogen and oxygen atoms in total. The Morgan fingerprint density at radius 1 is 1.00 bits per heavy atom. The first-order valence-corrected chi connectivity index (χ1v) is 9.74. The highest BCUT2D eigenvalue weighted by Gasteiger charge is 2.17. The minimum Gasteiger partial charge on any atom is -0.337 e. The normalized spacial score (nSPS) is 11.2. The van der Waals surface area contributed by atoms with Crippen LogP contribution in [0.5, 0.6) is 0 Å². The summed E-state index contributed by atoms with van der Waals surface area (Å²) in [6.45, 7) is 1.21. The van der Waals surface area contributed by atoms with E-state index in [1.807, 2.05) is 19.0 Å². The molecule has 1 aromatic heterocycles. The minimum absolute atomic E-state index is 0.00999. The first-order valence-electron chi connectivity index (χ1n) is 9.74. The Hall–Kier alpha value is -3.26. The standard InChI is InChI=1S/C22H25FN4O3/c1-25(2)13-14-26(15-16-7-3-6-10-19(16)23)20(28)11-12-27-22(30)18-9-5-4-8-17(18)21(29)24-27/h3-10H,11-15H2,1-2H3,(H,24,29). The molecule has 30 heavy (non-hydrogen) atoms. The van der Waals surface area contributed by atoms with Crippen LogP contribution in [0.1, 0.15) is 12.0 Å². The van der Waals surface area contributed by atoms with E-state index in [-0.39, 0.29) is 42.4 Å². The number of nitrogens with one attached hydrogen (secondary N) is 1. The van der Waals surface area contributed by atoms with Crippen LogP contribution in [0.3, 0.4) is 0 Å². The second-order valence-corrected chi connectivity index (χ2v) is 7.40. The van der Waals surface area contributed by atoms with Crippen molar-refractivity contribution < 1.29 is 9.18 Å². The number of nitrogens with zero attached hydrogens (tertiary/aromatic N) is 3. The summed E-state index contributed by atoms with van der Waals surface area (Å²) in [4.78, 5) is 41.2. The zero-order valence-corrected chi connectivity index (χ0v) is 17.1. The molecule has 2 aromatic carbocycles. The Morgan fingerprint density at radius 2 is 1.67 bits per heavy atom. The highest BCUT2D eigenvalue weighted by Crippen LogP contribution is 2.11. The molecule has 0 atom stereocenters. The maximum absolute atomic E-state index is 14.1. The van der Waals surface area contributed by atoms with Crippen LogP contribution >= 0.6 is 0 Å². The summed E-state index contributed by atoms with van der Waals surface area (Å²) in [5, 5.41) is 3.16. The lowest BCUT2D eigenvalue weighted by atomic mass is 10.2. The third kappa shape index (κ3) is 5.01. The van der Waals surface area contributed by atoms with Gasteiger partial charge in [-0.1, -0.05) is 30.3 Å². The summed E-state index contributed by atoms with van der Waals surface area (Å²) < 4.78 is 15.2. The van der Waals surface area contributed by atoms with Gasteiger partial charge in [-0.25, -0.2) is 9.07 Å². The zero-order valence-electron chi connectivity index (χ0n) is 17.1.